The lowest BCUT2D eigenvalue weighted by atomic mass is 10.0. The molecule has 1 N–H and O–H groups in total. The predicted octanol–water partition coefficient (Wildman–Crippen LogP) is 6.20. The van der Waals surface area contributed by atoms with Gasteiger partial charge < -0.3 is 9.30 Å². The topological polar surface area (TPSA) is 79.7 Å². The van der Waals surface area contributed by atoms with E-state index in [1.807, 2.05) is 35.9 Å². The highest BCUT2D eigenvalue weighted by Crippen LogP contribution is 2.38. The fourth-order valence-electron chi connectivity index (χ4n) is 5.31. The number of fused-ring (bicyclic) bond motifs is 1. The van der Waals surface area contributed by atoms with Crippen LogP contribution in [0.25, 0.3) is 11.4 Å². The summed E-state index contributed by atoms with van der Waals surface area (Å²) in [6.07, 6.45) is 1.93. The van der Waals surface area contributed by atoms with Crippen LogP contribution in [-0.4, -0.2) is 32.9 Å². The Morgan fingerprint density at radius 1 is 1.12 bits per heavy atom. The third-order valence-corrected chi connectivity index (χ3v) is 7.81. The highest BCUT2D eigenvalue weighted by Gasteiger charge is 2.29. The van der Waals surface area contributed by atoms with Gasteiger partial charge >= 0.3 is 6.03 Å². The highest BCUT2D eigenvalue weighted by molar-refractivity contribution is 6.32. The van der Waals surface area contributed by atoms with Gasteiger partial charge in [-0.3, -0.25) is 19.9 Å². The van der Waals surface area contributed by atoms with Crippen LogP contribution in [0, 0.1) is 5.82 Å². The molecule has 1 atom stereocenters. The first kappa shape index (κ1) is 26.0. The molecule has 3 aromatic carbocycles. The minimum absolute atomic E-state index is 0.0189. The molecular weight excluding hydrogens is 533 g/mol. The average molecular weight is 560 g/mol. The van der Waals surface area contributed by atoms with Gasteiger partial charge in [-0.05, 0) is 53.9 Å². The summed E-state index contributed by atoms with van der Waals surface area (Å²) >= 11 is 6.08. The number of aromatic nitrogens is 2. The maximum Gasteiger partial charge on any atom is 0.329 e. The van der Waals surface area contributed by atoms with E-state index in [4.69, 9.17) is 16.3 Å². The zero-order chi connectivity index (χ0) is 28.0. The number of carbonyl (C=O) groups is 2. The summed E-state index contributed by atoms with van der Waals surface area (Å²) < 4.78 is 21.6. The molecule has 0 spiro atoms. The lowest BCUT2D eigenvalue weighted by Gasteiger charge is -2.26. The van der Waals surface area contributed by atoms with E-state index in [-0.39, 0.29) is 29.1 Å². The fourth-order valence-corrected chi connectivity index (χ4v) is 5.51. The monoisotopic (exact) mass is 559 g/mol. The van der Waals surface area contributed by atoms with Gasteiger partial charge in [0.1, 0.15) is 17.4 Å². The lowest BCUT2D eigenvalue weighted by Crippen LogP contribution is -2.50. The van der Waals surface area contributed by atoms with Gasteiger partial charge in [0.15, 0.2) is 11.6 Å². The molecular formula is C30H27ClFN5O3. The Morgan fingerprint density at radius 3 is 2.67 bits per heavy atom. The summed E-state index contributed by atoms with van der Waals surface area (Å²) in [5.74, 6) is 1.15. The molecule has 0 bridgehead atoms. The molecule has 0 saturated carbocycles. The number of urea groups is 1. The van der Waals surface area contributed by atoms with E-state index in [2.05, 4.69) is 40.3 Å². The van der Waals surface area contributed by atoms with Crippen molar-refractivity contribution in [2.24, 2.45) is 7.05 Å². The second kappa shape index (κ2) is 10.4. The quantitative estimate of drug-likeness (QED) is 0.304. The van der Waals surface area contributed by atoms with Crippen LogP contribution in [0.5, 0.6) is 11.5 Å². The van der Waals surface area contributed by atoms with Crippen molar-refractivity contribution in [3.8, 4) is 22.9 Å². The first-order valence-electron chi connectivity index (χ1n) is 13.0. The first-order chi connectivity index (χ1) is 19.3. The number of anilines is 1. The molecule has 1 saturated heterocycles. The first-order valence-corrected chi connectivity index (χ1v) is 13.4. The smallest absolute Gasteiger partial charge is 0.329 e. The zero-order valence-corrected chi connectivity index (χ0v) is 22.8. The van der Waals surface area contributed by atoms with Gasteiger partial charge in [0.2, 0.25) is 5.91 Å². The zero-order valence-electron chi connectivity index (χ0n) is 22.0. The van der Waals surface area contributed by atoms with Crippen LogP contribution in [0.1, 0.15) is 36.1 Å². The molecule has 4 aromatic rings. The normalized spacial score (nSPS) is 17.2. The molecule has 10 heteroatoms. The number of imidazole rings is 1. The molecule has 6 rings (SSSR count). The molecule has 1 aromatic heterocycles. The minimum atomic E-state index is -0.505. The van der Waals surface area contributed by atoms with Gasteiger partial charge in [0.25, 0.3) is 0 Å². The Hall–Kier alpha value is -4.21. The van der Waals surface area contributed by atoms with Crippen molar-refractivity contribution in [3.05, 3.63) is 94.4 Å². The molecule has 8 nitrogen and oxygen atoms in total. The van der Waals surface area contributed by atoms with E-state index in [0.717, 1.165) is 30.0 Å². The molecule has 0 aliphatic carbocycles. The van der Waals surface area contributed by atoms with Gasteiger partial charge in [0, 0.05) is 44.7 Å². The summed E-state index contributed by atoms with van der Waals surface area (Å²) in [6, 6.07) is 18.2. The van der Waals surface area contributed by atoms with Crippen LogP contribution in [0.2, 0.25) is 5.02 Å². The number of halogens is 2. The second-order valence-corrected chi connectivity index (χ2v) is 10.5. The van der Waals surface area contributed by atoms with Crippen LogP contribution < -0.4 is 15.0 Å². The lowest BCUT2D eigenvalue weighted by molar-refractivity contribution is -0.120. The van der Waals surface area contributed by atoms with E-state index in [1.165, 1.54) is 22.1 Å². The number of ether oxygens (including phenoxy) is 1. The molecule has 204 valence electrons. The number of benzene rings is 3. The van der Waals surface area contributed by atoms with Gasteiger partial charge in [0.05, 0.1) is 11.2 Å². The van der Waals surface area contributed by atoms with Crippen molar-refractivity contribution in [3.63, 3.8) is 0 Å². The number of rotatable bonds is 6. The van der Waals surface area contributed by atoms with E-state index in [1.54, 1.807) is 18.3 Å². The number of imide groups is 1. The van der Waals surface area contributed by atoms with Crippen LogP contribution in [0.4, 0.5) is 15.0 Å². The summed E-state index contributed by atoms with van der Waals surface area (Å²) in [6.45, 7) is 4.06. The van der Waals surface area contributed by atoms with E-state index in [0.29, 0.717) is 18.1 Å². The number of carbonyl (C=O) groups excluding carboxylic acids is 2. The van der Waals surface area contributed by atoms with Crippen LogP contribution in [0.15, 0.2) is 66.9 Å². The van der Waals surface area contributed by atoms with Gasteiger partial charge in [-0.25, -0.2) is 14.2 Å². The molecule has 2 aliphatic rings. The molecule has 3 amide bonds. The van der Waals surface area contributed by atoms with Crippen molar-refractivity contribution in [2.45, 2.75) is 32.5 Å². The highest BCUT2D eigenvalue weighted by atomic mass is 35.5. The largest absolute Gasteiger partial charge is 0.453 e. The van der Waals surface area contributed by atoms with Crippen molar-refractivity contribution in [2.75, 3.05) is 11.4 Å². The minimum Gasteiger partial charge on any atom is -0.453 e. The van der Waals surface area contributed by atoms with Crippen molar-refractivity contribution in [1.82, 2.24) is 19.8 Å². The Kier molecular flexibility index (Phi) is 6.77. The van der Waals surface area contributed by atoms with E-state index >= 15 is 0 Å². The molecule has 0 unspecified atom stereocenters. The van der Waals surface area contributed by atoms with Crippen LogP contribution in [-0.2, 0) is 24.9 Å². The standard InChI is InChI=1S/C30H27ClFN5O3/c1-18-23-14-20(29-33-15-27(35(29)2)37-13-12-26(38)34-30(37)39)8-9-21(23)17-36(18)16-19-6-10-22(11-7-19)40-28-24(31)4-3-5-25(28)32/h3-11,14-15,18H,12-13,16-17H2,1-2H3,(H,34,38,39)/t18-/m1/s1. The van der Waals surface area contributed by atoms with Crippen molar-refractivity contribution < 1.29 is 18.7 Å². The number of amides is 3. The van der Waals surface area contributed by atoms with Gasteiger partial charge in [-0.2, -0.15) is 0 Å². The second-order valence-electron chi connectivity index (χ2n) is 10.0. The SMILES string of the molecule is C[C@@H]1c2cc(-c3ncc(N4CCC(=O)NC4=O)n3C)ccc2CN1Cc1ccc(Oc2c(F)cccc2Cl)cc1. The summed E-state index contributed by atoms with van der Waals surface area (Å²) in [4.78, 5) is 32.4. The summed E-state index contributed by atoms with van der Waals surface area (Å²) in [5.41, 5.74) is 4.56. The molecule has 3 heterocycles. The molecule has 0 radical (unpaired) electrons. The summed E-state index contributed by atoms with van der Waals surface area (Å²) in [7, 11) is 1.87. The fraction of sp³-hybridized carbons (Fsp3) is 0.233. The third-order valence-electron chi connectivity index (χ3n) is 7.52. The van der Waals surface area contributed by atoms with Crippen LogP contribution >= 0.6 is 11.6 Å². The Bertz CT molecular complexity index is 1600. The Labute approximate surface area is 235 Å². The predicted molar refractivity (Wildman–Crippen MR) is 150 cm³/mol. The van der Waals surface area contributed by atoms with E-state index < -0.39 is 11.8 Å². The number of hydrogen-bond donors (Lipinski definition) is 1. The van der Waals surface area contributed by atoms with Crippen LogP contribution in [0.3, 0.4) is 0 Å². The van der Waals surface area contributed by atoms with Gasteiger partial charge in [-0.1, -0.05) is 41.9 Å². The number of para-hydroxylation sites is 1. The molecule has 40 heavy (non-hydrogen) atoms. The molecule has 1 fully saturated rings. The molecule has 2 aliphatic heterocycles. The average Bonchev–Trinajstić information content (AvgIpc) is 3.46. The maximum atomic E-state index is 14.1. The Morgan fingerprint density at radius 2 is 1.93 bits per heavy atom. The summed E-state index contributed by atoms with van der Waals surface area (Å²) in [5, 5.41) is 2.59. The van der Waals surface area contributed by atoms with Crippen molar-refractivity contribution >= 4 is 29.4 Å². The van der Waals surface area contributed by atoms with Crippen molar-refractivity contribution in [1.29, 1.82) is 0 Å². The number of nitrogens with one attached hydrogen (secondary N) is 1. The maximum absolute atomic E-state index is 14.1. The van der Waals surface area contributed by atoms with E-state index in [9.17, 15) is 14.0 Å². The number of hydrogen-bond acceptors (Lipinski definition) is 5. The van der Waals surface area contributed by atoms with Gasteiger partial charge in [-0.15, -0.1) is 0 Å². The third kappa shape index (κ3) is 4.82. The Balaban J connectivity index is 1.16. The number of nitrogens with zero attached hydrogens (tertiary/aromatic N) is 4.